The lowest BCUT2D eigenvalue weighted by molar-refractivity contribution is 0.0257. The first-order chi connectivity index (χ1) is 13.1. The number of halogens is 2. The monoisotopic (exact) mass is 392 g/mol. The van der Waals surface area contributed by atoms with Crippen LogP contribution in [0.4, 0.5) is 20.5 Å². The molecule has 1 N–H and O–H groups in total. The lowest BCUT2D eigenvalue weighted by Crippen LogP contribution is -2.29. The van der Waals surface area contributed by atoms with Gasteiger partial charge in [-0.25, -0.2) is 13.8 Å². The maximum atomic E-state index is 13.8. The zero-order valence-corrected chi connectivity index (χ0v) is 16.2. The second-order valence-electron chi connectivity index (χ2n) is 8.03. The number of aryl methyl sites for hydroxylation is 1. The average molecular weight is 392 g/mol. The standard InChI is InChI=1S/C17H22F2N8O/c1-10-24-25-11(28-10)7-27-9-20-12-13(26-6-5-17(18,19)8-26)21-15(22-14(12)27)23-16(2,3)4/h9H,5-8H2,1-4H3,(H,21,22,23). The first-order valence-electron chi connectivity index (χ1n) is 9.02. The topological polar surface area (TPSA) is 97.8 Å². The van der Waals surface area contributed by atoms with Crippen molar-refractivity contribution in [2.45, 2.75) is 52.1 Å². The number of hydrogen-bond acceptors (Lipinski definition) is 8. The summed E-state index contributed by atoms with van der Waals surface area (Å²) in [6.45, 7) is 7.74. The molecule has 28 heavy (non-hydrogen) atoms. The van der Waals surface area contributed by atoms with Crippen LogP contribution in [0, 0.1) is 6.92 Å². The third-order valence-corrected chi connectivity index (χ3v) is 4.27. The molecule has 0 unspecified atom stereocenters. The summed E-state index contributed by atoms with van der Waals surface area (Å²) in [5.74, 6) is -1.11. The third-order valence-electron chi connectivity index (χ3n) is 4.27. The van der Waals surface area contributed by atoms with Gasteiger partial charge in [0.25, 0.3) is 5.92 Å². The van der Waals surface area contributed by atoms with E-state index >= 15 is 0 Å². The van der Waals surface area contributed by atoms with E-state index in [0.717, 1.165) is 0 Å². The molecule has 0 amide bonds. The molecule has 0 aliphatic carbocycles. The first-order valence-corrected chi connectivity index (χ1v) is 9.02. The summed E-state index contributed by atoms with van der Waals surface area (Å²) in [7, 11) is 0. The minimum Gasteiger partial charge on any atom is -0.424 e. The summed E-state index contributed by atoms with van der Waals surface area (Å²) in [5, 5.41) is 11.0. The van der Waals surface area contributed by atoms with E-state index in [1.54, 1.807) is 22.7 Å². The average Bonchev–Trinajstić information content (AvgIpc) is 3.25. The van der Waals surface area contributed by atoms with Gasteiger partial charge in [0, 0.05) is 25.4 Å². The molecule has 4 heterocycles. The second kappa shape index (κ2) is 6.35. The number of nitrogens with one attached hydrogen (secondary N) is 1. The molecule has 0 bridgehead atoms. The molecular formula is C17H22F2N8O. The van der Waals surface area contributed by atoms with E-state index in [9.17, 15) is 8.78 Å². The van der Waals surface area contributed by atoms with Crippen LogP contribution in [0.25, 0.3) is 11.2 Å². The summed E-state index contributed by atoms with van der Waals surface area (Å²) < 4.78 is 34.8. The molecule has 0 atom stereocenters. The molecule has 1 aliphatic heterocycles. The van der Waals surface area contributed by atoms with E-state index in [1.807, 2.05) is 20.8 Å². The van der Waals surface area contributed by atoms with Crippen molar-refractivity contribution in [2.75, 3.05) is 23.3 Å². The van der Waals surface area contributed by atoms with Crippen LogP contribution in [-0.2, 0) is 6.54 Å². The summed E-state index contributed by atoms with van der Waals surface area (Å²) in [5.41, 5.74) is 0.685. The quantitative estimate of drug-likeness (QED) is 0.724. The Balaban J connectivity index is 1.78. The first kappa shape index (κ1) is 18.5. The fraction of sp³-hybridized carbons (Fsp3) is 0.588. The number of alkyl halides is 2. The molecule has 9 nitrogen and oxygen atoms in total. The van der Waals surface area contributed by atoms with Gasteiger partial charge in [-0.2, -0.15) is 9.97 Å². The van der Waals surface area contributed by atoms with Gasteiger partial charge in [0.1, 0.15) is 6.54 Å². The molecule has 3 aromatic heterocycles. The van der Waals surface area contributed by atoms with Gasteiger partial charge in [-0.3, -0.25) is 0 Å². The Hall–Kier alpha value is -2.85. The van der Waals surface area contributed by atoms with E-state index in [-0.39, 0.29) is 31.6 Å². The van der Waals surface area contributed by atoms with Gasteiger partial charge in [0.2, 0.25) is 17.7 Å². The predicted octanol–water partition coefficient (Wildman–Crippen LogP) is 2.62. The molecule has 0 aromatic carbocycles. The zero-order valence-electron chi connectivity index (χ0n) is 16.2. The number of aromatic nitrogens is 6. The van der Waals surface area contributed by atoms with Gasteiger partial charge < -0.3 is 19.2 Å². The maximum Gasteiger partial charge on any atom is 0.266 e. The molecule has 3 aromatic rings. The van der Waals surface area contributed by atoms with Crippen LogP contribution in [-0.4, -0.2) is 54.3 Å². The Labute approximate surface area is 160 Å². The van der Waals surface area contributed by atoms with Crippen molar-refractivity contribution in [2.24, 2.45) is 0 Å². The Morgan fingerprint density at radius 1 is 1.25 bits per heavy atom. The minimum atomic E-state index is -2.74. The van der Waals surface area contributed by atoms with Gasteiger partial charge in [-0.05, 0) is 20.8 Å². The Kier molecular flexibility index (Phi) is 4.20. The molecule has 0 saturated carbocycles. The van der Waals surface area contributed by atoms with Crippen molar-refractivity contribution < 1.29 is 13.2 Å². The van der Waals surface area contributed by atoms with Crippen molar-refractivity contribution in [3.05, 3.63) is 18.1 Å². The lowest BCUT2D eigenvalue weighted by Gasteiger charge is -2.23. The van der Waals surface area contributed by atoms with E-state index < -0.39 is 5.92 Å². The van der Waals surface area contributed by atoms with Crippen LogP contribution in [0.5, 0.6) is 0 Å². The predicted molar refractivity (Wildman–Crippen MR) is 98.6 cm³/mol. The molecule has 1 fully saturated rings. The van der Waals surface area contributed by atoms with Crippen LogP contribution in [0.2, 0.25) is 0 Å². The molecule has 1 aliphatic rings. The van der Waals surface area contributed by atoms with E-state index in [1.165, 1.54) is 0 Å². The van der Waals surface area contributed by atoms with Crippen molar-refractivity contribution in [1.29, 1.82) is 0 Å². The Morgan fingerprint density at radius 2 is 2.04 bits per heavy atom. The zero-order chi connectivity index (χ0) is 20.1. The number of imidazole rings is 1. The van der Waals surface area contributed by atoms with E-state index in [0.29, 0.717) is 34.7 Å². The fourth-order valence-corrected chi connectivity index (χ4v) is 3.12. The van der Waals surface area contributed by atoms with Gasteiger partial charge in [-0.1, -0.05) is 0 Å². The highest BCUT2D eigenvalue weighted by Crippen LogP contribution is 2.33. The van der Waals surface area contributed by atoms with Crippen LogP contribution in [0.15, 0.2) is 10.7 Å². The highest BCUT2D eigenvalue weighted by molar-refractivity contribution is 5.85. The third kappa shape index (κ3) is 3.73. The molecule has 1 saturated heterocycles. The van der Waals surface area contributed by atoms with Crippen molar-refractivity contribution >= 4 is 22.9 Å². The van der Waals surface area contributed by atoms with Crippen molar-refractivity contribution in [3.63, 3.8) is 0 Å². The van der Waals surface area contributed by atoms with Crippen LogP contribution >= 0.6 is 0 Å². The summed E-state index contributed by atoms with van der Waals surface area (Å²) in [6.07, 6.45) is 1.37. The van der Waals surface area contributed by atoms with E-state index in [2.05, 4.69) is 30.5 Å². The number of anilines is 2. The highest BCUT2D eigenvalue weighted by Gasteiger charge is 2.40. The SMILES string of the molecule is Cc1nnc(Cn2cnc3c(N4CCC(F)(F)C4)nc(NC(C)(C)C)nc32)o1. The second-order valence-corrected chi connectivity index (χ2v) is 8.03. The maximum absolute atomic E-state index is 13.8. The van der Waals surface area contributed by atoms with Crippen LogP contribution in [0.3, 0.4) is 0 Å². The highest BCUT2D eigenvalue weighted by atomic mass is 19.3. The number of hydrogen-bond donors (Lipinski definition) is 1. The lowest BCUT2D eigenvalue weighted by atomic mass is 10.1. The van der Waals surface area contributed by atoms with Crippen LogP contribution < -0.4 is 10.2 Å². The van der Waals surface area contributed by atoms with Gasteiger partial charge >= 0.3 is 0 Å². The number of nitrogens with zero attached hydrogens (tertiary/aromatic N) is 7. The smallest absolute Gasteiger partial charge is 0.266 e. The fourth-order valence-electron chi connectivity index (χ4n) is 3.12. The number of rotatable bonds is 4. The van der Waals surface area contributed by atoms with Crippen molar-refractivity contribution in [1.82, 2.24) is 29.7 Å². The van der Waals surface area contributed by atoms with E-state index in [4.69, 9.17) is 4.42 Å². The van der Waals surface area contributed by atoms with Crippen molar-refractivity contribution in [3.8, 4) is 0 Å². The molecular weight excluding hydrogens is 370 g/mol. The summed E-state index contributed by atoms with van der Waals surface area (Å²) >= 11 is 0. The number of fused-ring (bicyclic) bond motifs is 1. The summed E-state index contributed by atoms with van der Waals surface area (Å²) in [4.78, 5) is 15.0. The van der Waals surface area contributed by atoms with Gasteiger partial charge in [0.05, 0.1) is 12.9 Å². The normalized spacial score (nSPS) is 16.9. The van der Waals surface area contributed by atoms with Gasteiger partial charge in [0.15, 0.2) is 17.0 Å². The molecule has 11 heteroatoms. The Morgan fingerprint density at radius 3 is 2.64 bits per heavy atom. The molecule has 0 spiro atoms. The molecule has 0 radical (unpaired) electrons. The largest absolute Gasteiger partial charge is 0.424 e. The molecule has 150 valence electrons. The Bertz CT molecular complexity index is 1010. The summed E-state index contributed by atoms with van der Waals surface area (Å²) in [6, 6.07) is 0. The van der Waals surface area contributed by atoms with Crippen LogP contribution in [0.1, 0.15) is 39.0 Å². The van der Waals surface area contributed by atoms with Gasteiger partial charge in [-0.15, -0.1) is 10.2 Å². The minimum absolute atomic E-state index is 0.206. The molecule has 4 rings (SSSR count).